The Labute approximate surface area is 184 Å². The molecule has 6 heteroatoms. The Hall–Kier alpha value is -2.76. The van der Waals surface area contributed by atoms with Crippen molar-refractivity contribution in [2.75, 3.05) is 11.6 Å². The second-order valence-corrected chi connectivity index (χ2v) is 9.23. The highest BCUT2D eigenvalue weighted by Gasteiger charge is 2.34. The molecule has 1 aromatic carbocycles. The summed E-state index contributed by atoms with van der Waals surface area (Å²) in [7, 11) is 0. The average Bonchev–Trinajstić information content (AvgIpc) is 2.77. The monoisotopic (exact) mass is 425 g/mol. The molecule has 31 heavy (non-hydrogen) atoms. The summed E-state index contributed by atoms with van der Waals surface area (Å²) < 4.78 is 13.7. The standard InChI is InChI=1S/C25H32FN3O2/c1-25(2,3)19-11-13-21(14-12-19)29(22(30)16-26)23(18-8-7-15-27-17-18)24(31)28-20-9-5-4-6-10-20/h7-8,11-15,17,20,23H,4-6,9-10,16H2,1-3H3,(H,28,31). The van der Waals surface area contributed by atoms with E-state index >= 15 is 0 Å². The number of carbonyl (C=O) groups excluding carboxylic acids is 2. The maximum Gasteiger partial charge on any atom is 0.259 e. The van der Waals surface area contributed by atoms with E-state index in [1.165, 1.54) is 11.3 Å². The smallest absolute Gasteiger partial charge is 0.259 e. The van der Waals surface area contributed by atoms with E-state index in [1.54, 1.807) is 36.7 Å². The van der Waals surface area contributed by atoms with Gasteiger partial charge in [0.15, 0.2) is 6.67 Å². The number of hydrogen-bond donors (Lipinski definition) is 1. The summed E-state index contributed by atoms with van der Waals surface area (Å²) >= 11 is 0. The SMILES string of the molecule is CC(C)(C)c1ccc(N(C(=O)CF)C(C(=O)NC2CCCCC2)c2cccnc2)cc1. The van der Waals surface area contributed by atoms with Gasteiger partial charge in [-0.25, -0.2) is 4.39 Å². The molecule has 1 saturated carbocycles. The molecule has 3 rings (SSSR count). The van der Waals surface area contributed by atoms with Gasteiger partial charge in [0.1, 0.15) is 6.04 Å². The average molecular weight is 426 g/mol. The zero-order valence-corrected chi connectivity index (χ0v) is 18.6. The molecule has 0 bridgehead atoms. The summed E-state index contributed by atoms with van der Waals surface area (Å²) in [5.74, 6) is -1.06. The van der Waals surface area contributed by atoms with Gasteiger partial charge in [0.2, 0.25) is 5.91 Å². The van der Waals surface area contributed by atoms with Crippen molar-refractivity contribution < 1.29 is 14.0 Å². The van der Waals surface area contributed by atoms with E-state index in [4.69, 9.17) is 0 Å². The molecule has 0 spiro atoms. The van der Waals surface area contributed by atoms with Crippen molar-refractivity contribution >= 4 is 17.5 Å². The zero-order valence-electron chi connectivity index (χ0n) is 18.6. The number of aromatic nitrogens is 1. The van der Waals surface area contributed by atoms with Crippen molar-refractivity contribution in [2.45, 2.75) is 70.4 Å². The summed E-state index contributed by atoms with van der Waals surface area (Å²) in [6.45, 7) is 5.11. The highest BCUT2D eigenvalue weighted by molar-refractivity contribution is 6.01. The summed E-state index contributed by atoms with van der Waals surface area (Å²) in [4.78, 5) is 31.6. The number of halogens is 1. The number of carbonyl (C=O) groups is 2. The predicted octanol–water partition coefficient (Wildman–Crippen LogP) is 4.87. The van der Waals surface area contributed by atoms with Crippen molar-refractivity contribution in [1.82, 2.24) is 10.3 Å². The highest BCUT2D eigenvalue weighted by atomic mass is 19.1. The van der Waals surface area contributed by atoms with E-state index in [0.29, 0.717) is 11.3 Å². The number of pyridine rings is 1. The second-order valence-electron chi connectivity index (χ2n) is 9.23. The number of anilines is 1. The van der Waals surface area contributed by atoms with Gasteiger partial charge >= 0.3 is 0 Å². The molecule has 1 heterocycles. The number of alkyl halides is 1. The Bertz CT molecular complexity index is 872. The largest absolute Gasteiger partial charge is 0.351 e. The minimum atomic E-state index is -1.19. The summed E-state index contributed by atoms with van der Waals surface area (Å²) in [6.07, 6.45) is 8.33. The lowest BCUT2D eigenvalue weighted by Crippen LogP contribution is -2.47. The molecule has 0 saturated heterocycles. The van der Waals surface area contributed by atoms with Crippen LogP contribution in [-0.4, -0.2) is 29.5 Å². The van der Waals surface area contributed by atoms with Crippen LogP contribution in [0.5, 0.6) is 0 Å². The Kier molecular flexibility index (Phi) is 7.42. The Morgan fingerprint density at radius 2 is 1.81 bits per heavy atom. The maximum absolute atomic E-state index is 13.7. The molecule has 2 amide bonds. The molecule has 1 aliphatic carbocycles. The van der Waals surface area contributed by atoms with E-state index in [2.05, 4.69) is 31.1 Å². The van der Waals surface area contributed by atoms with Gasteiger partial charge in [-0.1, -0.05) is 58.2 Å². The van der Waals surface area contributed by atoms with Gasteiger partial charge in [-0.2, -0.15) is 0 Å². The van der Waals surface area contributed by atoms with E-state index in [0.717, 1.165) is 31.2 Å². The van der Waals surface area contributed by atoms with Crippen LogP contribution in [0.25, 0.3) is 0 Å². The van der Waals surface area contributed by atoms with Gasteiger partial charge in [-0.3, -0.25) is 19.5 Å². The normalized spacial score (nSPS) is 15.9. The van der Waals surface area contributed by atoms with Crippen LogP contribution in [0, 0.1) is 0 Å². The Morgan fingerprint density at radius 1 is 1.13 bits per heavy atom. The Balaban J connectivity index is 1.99. The van der Waals surface area contributed by atoms with Crippen molar-refractivity contribution in [1.29, 1.82) is 0 Å². The summed E-state index contributed by atoms with van der Waals surface area (Å²) in [5.41, 5.74) is 2.07. The molecule has 1 aliphatic rings. The first-order valence-electron chi connectivity index (χ1n) is 11.0. The minimum Gasteiger partial charge on any atom is -0.351 e. The first-order chi connectivity index (χ1) is 14.8. The number of nitrogens with zero attached hydrogens (tertiary/aromatic N) is 2. The summed E-state index contributed by atoms with van der Waals surface area (Å²) in [6, 6.07) is 9.97. The molecule has 166 valence electrons. The lowest BCUT2D eigenvalue weighted by atomic mass is 9.87. The fraction of sp³-hybridized carbons (Fsp3) is 0.480. The quantitative estimate of drug-likeness (QED) is 0.718. The van der Waals surface area contributed by atoms with Gasteiger partial charge in [0.05, 0.1) is 0 Å². The zero-order chi connectivity index (χ0) is 22.4. The van der Waals surface area contributed by atoms with Crippen LogP contribution in [-0.2, 0) is 15.0 Å². The molecule has 1 aromatic heterocycles. The molecule has 1 unspecified atom stereocenters. The number of amides is 2. The number of rotatable bonds is 6. The first kappa shape index (κ1) is 22.9. The summed E-state index contributed by atoms with van der Waals surface area (Å²) in [5, 5.41) is 3.10. The third kappa shape index (κ3) is 5.69. The van der Waals surface area contributed by atoms with E-state index in [-0.39, 0.29) is 17.4 Å². The number of nitrogens with one attached hydrogen (secondary N) is 1. The van der Waals surface area contributed by atoms with Crippen LogP contribution in [0.15, 0.2) is 48.8 Å². The molecular weight excluding hydrogens is 393 g/mol. The van der Waals surface area contributed by atoms with Crippen molar-refractivity contribution in [3.63, 3.8) is 0 Å². The predicted molar refractivity (Wildman–Crippen MR) is 121 cm³/mol. The van der Waals surface area contributed by atoms with Crippen LogP contribution in [0.1, 0.15) is 70.0 Å². The highest BCUT2D eigenvalue weighted by Crippen LogP contribution is 2.31. The molecule has 2 aromatic rings. The molecule has 0 aliphatic heterocycles. The van der Waals surface area contributed by atoms with Crippen LogP contribution in [0.3, 0.4) is 0 Å². The molecular formula is C25H32FN3O2. The topological polar surface area (TPSA) is 62.3 Å². The van der Waals surface area contributed by atoms with E-state index in [9.17, 15) is 14.0 Å². The molecule has 0 radical (unpaired) electrons. The third-order valence-corrected chi connectivity index (χ3v) is 5.85. The van der Waals surface area contributed by atoms with Gasteiger partial charge < -0.3 is 5.32 Å². The lowest BCUT2D eigenvalue weighted by Gasteiger charge is -2.33. The second kappa shape index (κ2) is 10.0. The lowest BCUT2D eigenvalue weighted by molar-refractivity contribution is -0.127. The fourth-order valence-corrected chi connectivity index (χ4v) is 4.11. The minimum absolute atomic E-state index is 0.0609. The van der Waals surface area contributed by atoms with E-state index in [1.807, 2.05) is 12.1 Å². The molecule has 1 N–H and O–H groups in total. The molecule has 5 nitrogen and oxygen atoms in total. The van der Waals surface area contributed by atoms with Crippen LogP contribution in [0.4, 0.5) is 10.1 Å². The van der Waals surface area contributed by atoms with Gasteiger partial charge in [0, 0.05) is 29.7 Å². The van der Waals surface area contributed by atoms with Crippen LogP contribution >= 0.6 is 0 Å². The van der Waals surface area contributed by atoms with Crippen molar-refractivity contribution in [2.24, 2.45) is 0 Å². The molecule has 1 fully saturated rings. The third-order valence-electron chi connectivity index (χ3n) is 5.85. The van der Waals surface area contributed by atoms with E-state index < -0.39 is 18.6 Å². The number of hydrogen-bond acceptors (Lipinski definition) is 3. The first-order valence-corrected chi connectivity index (χ1v) is 11.0. The van der Waals surface area contributed by atoms with Gasteiger partial charge in [0.25, 0.3) is 5.91 Å². The molecule has 1 atom stereocenters. The van der Waals surface area contributed by atoms with Crippen LogP contribution in [0.2, 0.25) is 0 Å². The van der Waals surface area contributed by atoms with Crippen molar-refractivity contribution in [3.8, 4) is 0 Å². The number of benzene rings is 1. The van der Waals surface area contributed by atoms with Crippen molar-refractivity contribution in [3.05, 3.63) is 59.9 Å². The van der Waals surface area contributed by atoms with Gasteiger partial charge in [-0.05, 0) is 42.0 Å². The fourth-order valence-electron chi connectivity index (χ4n) is 4.11. The Morgan fingerprint density at radius 3 is 2.35 bits per heavy atom. The van der Waals surface area contributed by atoms with Crippen LogP contribution < -0.4 is 10.2 Å². The maximum atomic E-state index is 13.7. The van der Waals surface area contributed by atoms with Gasteiger partial charge in [-0.15, -0.1) is 0 Å².